The van der Waals surface area contributed by atoms with Gasteiger partial charge in [-0.25, -0.2) is 0 Å². The third-order valence-corrected chi connectivity index (χ3v) is 3.22. The van der Waals surface area contributed by atoms with E-state index in [1.807, 2.05) is 0 Å². The van der Waals surface area contributed by atoms with Crippen molar-refractivity contribution < 1.29 is 23.9 Å². The molecule has 0 amide bonds. The SMILES string of the molecule is COc1ccc([N+](=O)[O-])cc1OCCOc1ccccc1C(C)=O. The van der Waals surface area contributed by atoms with Gasteiger partial charge in [0.15, 0.2) is 17.3 Å². The van der Waals surface area contributed by atoms with Gasteiger partial charge in [-0.05, 0) is 25.1 Å². The number of para-hydroxylation sites is 1. The first kappa shape index (κ1) is 17.3. The standard InChI is InChI=1S/C17H17NO6/c1-12(19)14-5-3-4-6-15(14)23-9-10-24-17-11-13(18(20)21)7-8-16(17)22-2/h3-8,11H,9-10H2,1-2H3. The lowest BCUT2D eigenvalue weighted by Crippen LogP contribution is -2.11. The Labute approximate surface area is 138 Å². The van der Waals surface area contributed by atoms with Crippen molar-refractivity contribution in [1.29, 1.82) is 0 Å². The lowest BCUT2D eigenvalue weighted by Gasteiger charge is -2.12. The molecule has 2 aromatic rings. The summed E-state index contributed by atoms with van der Waals surface area (Å²) in [7, 11) is 1.45. The maximum Gasteiger partial charge on any atom is 0.273 e. The highest BCUT2D eigenvalue weighted by Crippen LogP contribution is 2.31. The van der Waals surface area contributed by atoms with Gasteiger partial charge in [-0.15, -0.1) is 0 Å². The number of carbonyl (C=O) groups is 1. The third-order valence-electron chi connectivity index (χ3n) is 3.22. The molecule has 0 atom stereocenters. The molecule has 0 aliphatic heterocycles. The van der Waals surface area contributed by atoms with Crippen molar-refractivity contribution in [2.45, 2.75) is 6.92 Å². The van der Waals surface area contributed by atoms with Crippen LogP contribution in [0.5, 0.6) is 17.2 Å². The normalized spacial score (nSPS) is 10.1. The van der Waals surface area contributed by atoms with E-state index in [-0.39, 0.29) is 30.4 Å². The fourth-order valence-electron chi connectivity index (χ4n) is 2.08. The highest BCUT2D eigenvalue weighted by molar-refractivity contribution is 5.96. The minimum atomic E-state index is -0.508. The zero-order valence-electron chi connectivity index (χ0n) is 13.4. The number of nitrogens with zero attached hydrogens (tertiary/aromatic N) is 1. The number of benzene rings is 2. The van der Waals surface area contributed by atoms with Crippen LogP contribution in [0.3, 0.4) is 0 Å². The van der Waals surface area contributed by atoms with Crippen LogP contribution in [-0.2, 0) is 0 Å². The van der Waals surface area contributed by atoms with Gasteiger partial charge in [0.05, 0.1) is 23.7 Å². The molecule has 126 valence electrons. The van der Waals surface area contributed by atoms with Crippen LogP contribution in [0.4, 0.5) is 5.69 Å². The summed E-state index contributed by atoms with van der Waals surface area (Å²) in [5.41, 5.74) is 0.402. The number of ether oxygens (including phenoxy) is 3. The van der Waals surface area contributed by atoms with E-state index in [4.69, 9.17) is 14.2 Å². The number of hydrogen-bond acceptors (Lipinski definition) is 6. The van der Waals surface area contributed by atoms with E-state index in [9.17, 15) is 14.9 Å². The molecule has 0 saturated heterocycles. The molecule has 7 nitrogen and oxygen atoms in total. The Kier molecular flexibility index (Phi) is 5.73. The number of nitro benzene ring substituents is 1. The quantitative estimate of drug-likeness (QED) is 0.319. The summed E-state index contributed by atoms with van der Waals surface area (Å²) >= 11 is 0. The molecule has 0 bridgehead atoms. The van der Waals surface area contributed by atoms with Gasteiger partial charge in [0.1, 0.15) is 19.0 Å². The Morgan fingerprint density at radius 3 is 2.33 bits per heavy atom. The second-order valence-electron chi connectivity index (χ2n) is 4.84. The van der Waals surface area contributed by atoms with Crippen molar-refractivity contribution in [2.24, 2.45) is 0 Å². The van der Waals surface area contributed by atoms with Gasteiger partial charge in [0, 0.05) is 6.07 Å². The smallest absolute Gasteiger partial charge is 0.273 e. The molecule has 0 heterocycles. The molecule has 0 radical (unpaired) electrons. The second-order valence-corrected chi connectivity index (χ2v) is 4.84. The summed E-state index contributed by atoms with van der Waals surface area (Å²) in [6.07, 6.45) is 0. The summed E-state index contributed by atoms with van der Waals surface area (Å²) < 4.78 is 16.2. The lowest BCUT2D eigenvalue weighted by atomic mass is 10.1. The monoisotopic (exact) mass is 331 g/mol. The molecule has 2 aromatic carbocycles. The summed E-state index contributed by atoms with van der Waals surface area (Å²) in [5, 5.41) is 10.8. The van der Waals surface area contributed by atoms with Crippen LogP contribution in [0.15, 0.2) is 42.5 Å². The average Bonchev–Trinajstić information content (AvgIpc) is 2.58. The van der Waals surface area contributed by atoms with E-state index < -0.39 is 4.92 Å². The van der Waals surface area contributed by atoms with Crippen LogP contribution in [0.2, 0.25) is 0 Å². The molecule has 2 rings (SSSR count). The minimum Gasteiger partial charge on any atom is -0.493 e. The van der Waals surface area contributed by atoms with Gasteiger partial charge in [-0.2, -0.15) is 0 Å². The Hall–Kier alpha value is -3.09. The van der Waals surface area contributed by atoms with Crippen LogP contribution in [0.25, 0.3) is 0 Å². The molecule has 0 aliphatic rings. The highest BCUT2D eigenvalue weighted by Gasteiger charge is 2.13. The zero-order chi connectivity index (χ0) is 17.5. The maximum absolute atomic E-state index is 11.5. The third kappa shape index (κ3) is 4.22. The molecule has 0 fully saturated rings. The fourth-order valence-corrected chi connectivity index (χ4v) is 2.08. The summed E-state index contributed by atoms with van der Waals surface area (Å²) in [4.78, 5) is 21.8. The Morgan fingerprint density at radius 2 is 1.71 bits per heavy atom. The molecule has 24 heavy (non-hydrogen) atoms. The topological polar surface area (TPSA) is 87.9 Å². The molecule has 0 N–H and O–H groups in total. The second kappa shape index (κ2) is 7.96. The van der Waals surface area contributed by atoms with Crippen LogP contribution >= 0.6 is 0 Å². The van der Waals surface area contributed by atoms with Crippen molar-refractivity contribution >= 4 is 11.5 Å². The van der Waals surface area contributed by atoms with Crippen molar-refractivity contribution in [3.05, 3.63) is 58.1 Å². The largest absolute Gasteiger partial charge is 0.493 e. The van der Waals surface area contributed by atoms with E-state index in [1.165, 1.54) is 32.2 Å². The van der Waals surface area contributed by atoms with Gasteiger partial charge in [0.25, 0.3) is 5.69 Å². The number of ketones is 1. The number of nitro groups is 1. The number of carbonyl (C=O) groups excluding carboxylic acids is 1. The predicted octanol–water partition coefficient (Wildman–Crippen LogP) is 3.26. The van der Waals surface area contributed by atoms with E-state index in [2.05, 4.69) is 0 Å². The minimum absolute atomic E-state index is 0.0892. The van der Waals surface area contributed by atoms with Crippen molar-refractivity contribution in [3.8, 4) is 17.2 Å². The van der Waals surface area contributed by atoms with Gasteiger partial charge in [-0.1, -0.05) is 12.1 Å². The van der Waals surface area contributed by atoms with Gasteiger partial charge < -0.3 is 14.2 Å². The van der Waals surface area contributed by atoms with E-state index in [0.717, 1.165) is 0 Å². The fraction of sp³-hybridized carbons (Fsp3) is 0.235. The predicted molar refractivity (Wildman–Crippen MR) is 87.1 cm³/mol. The number of non-ortho nitro benzene ring substituents is 1. The number of rotatable bonds is 8. The van der Waals surface area contributed by atoms with Crippen molar-refractivity contribution in [3.63, 3.8) is 0 Å². The van der Waals surface area contributed by atoms with Crippen LogP contribution in [-0.4, -0.2) is 31.0 Å². The van der Waals surface area contributed by atoms with Crippen LogP contribution < -0.4 is 14.2 Å². The molecular formula is C17H17NO6. The maximum atomic E-state index is 11.5. The first-order chi connectivity index (χ1) is 11.5. The van der Waals surface area contributed by atoms with Gasteiger partial charge in [0.2, 0.25) is 0 Å². The van der Waals surface area contributed by atoms with Crippen molar-refractivity contribution in [1.82, 2.24) is 0 Å². The zero-order valence-corrected chi connectivity index (χ0v) is 13.4. The summed E-state index contributed by atoms with van der Waals surface area (Å²) in [6.45, 7) is 1.78. The molecule has 0 unspecified atom stereocenters. The first-order valence-electron chi connectivity index (χ1n) is 7.21. The molecule has 0 aromatic heterocycles. The Balaban J connectivity index is 1.99. The van der Waals surface area contributed by atoms with Gasteiger partial charge >= 0.3 is 0 Å². The van der Waals surface area contributed by atoms with Gasteiger partial charge in [-0.3, -0.25) is 14.9 Å². The Bertz CT molecular complexity index is 744. The Morgan fingerprint density at radius 1 is 1.04 bits per heavy atom. The molecule has 0 saturated carbocycles. The van der Waals surface area contributed by atoms with Crippen molar-refractivity contribution in [2.75, 3.05) is 20.3 Å². The lowest BCUT2D eigenvalue weighted by molar-refractivity contribution is -0.385. The molecule has 0 aliphatic carbocycles. The van der Waals surface area contributed by atoms with E-state index in [0.29, 0.717) is 17.1 Å². The summed E-state index contributed by atoms with van der Waals surface area (Å²) in [5.74, 6) is 1.03. The molecule has 7 heteroatoms. The van der Waals surface area contributed by atoms with E-state index >= 15 is 0 Å². The molecule has 0 spiro atoms. The number of hydrogen-bond donors (Lipinski definition) is 0. The number of methoxy groups -OCH3 is 1. The highest BCUT2D eigenvalue weighted by atomic mass is 16.6. The first-order valence-corrected chi connectivity index (χ1v) is 7.21. The van der Waals surface area contributed by atoms with Crippen LogP contribution in [0.1, 0.15) is 17.3 Å². The summed E-state index contributed by atoms with van der Waals surface area (Å²) in [6, 6.07) is 11.0. The van der Waals surface area contributed by atoms with E-state index in [1.54, 1.807) is 24.3 Å². The molecular weight excluding hydrogens is 314 g/mol. The van der Waals surface area contributed by atoms with Crippen LogP contribution in [0, 0.1) is 10.1 Å². The number of Topliss-reactive ketones (excluding diaryl/α,β-unsaturated/α-hetero) is 1. The average molecular weight is 331 g/mol.